The Balaban J connectivity index is 1.78. The zero-order chi connectivity index (χ0) is 14.8. The highest BCUT2D eigenvalue weighted by molar-refractivity contribution is 5.85. The Bertz CT molecular complexity index is 554. The van der Waals surface area contributed by atoms with Gasteiger partial charge in [-0.15, -0.1) is 0 Å². The van der Waals surface area contributed by atoms with E-state index in [0.29, 0.717) is 6.54 Å². The SMILES string of the molecule is O=C(O)CCN(C(=O)C1NCCc2ccccc21)C1CC1. The van der Waals surface area contributed by atoms with Gasteiger partial charge in [0.15, 0.2) is 0 Å². The monoisotopic (exact) mass is 288 g/mol. The summed E-state index contributed by atoms with van der Waals surface area (Å²) in [6.07, 6.45) is 2.91. The average Bonchev–Trinajstić information content (AvgIpc) is 3.31. The van der Waals surface area contributed by atoms with Crippen molar-refractivity contribution in [2.45, 2.75) is 37.8 Å². The Morgan fingerprint density at radius 2 is 2.05 bits per heavy atom. The van der Waals surface area contributed by atoms with Crippen LogP contribution in [0.15, 0.2) is 24.3 Å². The van der Waals surface area contributed by atoms with Crippen LogP contribution in [-0.2, 0) is 16.0 Å². The number of hydrogen-bond acceptors (Lipinski definition) is 3. The molecule has 1 fully saturated rings. The second-order valence-electron chi connectivity index (χ2n) is 5.74. The molecule has 0 saturated heterocycles. The first kappa shape index (κ1) is 14.1. The minimum absolute atomic E-state index is 0.0105. The number of carboxylic acids is 1. The Morgan fingerprint density at radius 1 is 1.29 bits per heavy atom. The summed E-state index contributed by atoms with van der Waals surface area (Å²) in [6, 6.07) is 7.90. The maximum Gasteiger partial charge on any atom is 0.305 e. The highest BCUT2D eigenvalue weighted by Crippen LogP contribution is 2.31. The number of carboxylic acid groups (broad SMARTS) is 1. The molecule has 1 aromatic carbocycles. The smallest absolute Gasteiger partial charge is 0.305 e. The molecule has 5 heteroatoms. The Kier molecular flexibility index (Phi) is 3.92. The van der Waals surface area contributed by atoms with E-state index < -0.39 is 5.97 Å². The lowest BCUT2D eigenvalue weighted by atomic mass is 9.93. The molecule has 1 saturated carbocycles. The Labute approximate surface area is 123 Å². The maximum absolute atomic E-state index is 12.8. The fourth-order valence-corrected chi connectivity index (χ4v) is 2.97. The van der Waals surface area contributed by atoms with Gasteiger partial charge in [0.2, 0.25) is 5.91 Å². The van der Waals surface area contributed by atoms with E-state index in [0.717, 1.165) is 31.4 Å². The molecule has 0 aromatic heterocycles. The van der Waals surface area contributed by atoms with Crippen molar-refractivity contribution in [1.29, 1.82) is 0 Å². The van der Waals surface area contributed by atoms with Crippen molar-refractivity contribution >= 4 is 11.9 Å². The molecule has 1 aromatic rings. The minimum Gasteiger partial charge on any atom is -0.481 e. The van der Waals surface area contributed by atoms with Crippen molar-refractivity contribution in [2.75, 3.05) is 13.1 Å². The quantitative estimate of drug-likeness (QED) is 0.858. The normalized spacial score (nSPS) is 20.7. The second kappa shape index (κ2) is 5.85. The van der Waals surface area contributed by atoms with E-state index in [1.807, 2.05) is 18.2 Å². The largest absolute Gasteiger partial charge is 0.481 e. The molecule has 5 nitrogen and oxygen atoms in total. The van der Waals surface area contributed by atoms with Gasteiger partial charge >= 0.3 is 5.97 Å². The molecule has 1 unspecified atom stereocenters. The van der Waals surface area contributed by atoms with Gasteiger partial charge < -0.3 is 15.3 Å². The van der Waals surface area contributed by atoms with Crippen LogP contribution in [0.5, 0.6) is 0 Å². The molecule has 2 aliphatic rings. The van der Waals surface area contributed by atoms with Gasteiger partial charge in [-0.05, 0) is 30.4 Å². The number of hydrogen-bond donors (Lipinski definition) is 2. The third-order valence-electron chi connectivity index (χ3n) is 4.19. The van der Waals surface area contributed by atoms with Crippen LogP contribution in [0.3, 0.4) is 0 Å². The van der Waals surface area contributed by atoms with Crippen LogP contribution in [0.2, 0.25) is 0 Å². The molecule has 0 radical (unpaired) electrons. The summed E-state index contributed by atoms with van der Waals surface area (Å²) in [5.74, 6) is -0.837. The Morgan fingerprint density at radius 3 is 2.76 bits per heavy atom. The van der Waals surface area contributed by atoms with Crippen LogP contribution in [0, 0.1) is 0 Å². The maximum atomic E-state index is 12.8. The van der Waals surface area contributed by atoms with E-state index in [4.69, 9.17) is 5.11 Å². The molecule has 1 atom stereocenters. The second-order valence-corrected chi connectivity index (χ2v) is 5.74. The molecule has 21 heavy (non-hydrogen) atoms. The number of rotatable bonds is 5. The molecule has 1 heterocycles. The summed E-state index contributed by atoms with van der Waals surface area (Å²) in [5.41, 5.74) is 2.25. The van der Waals surface area contributed by atoms with Crippen molar-refractivity contribution in [3.8, 4) is 0 Å². The number of aliphatic carboxylic acids is 1. The lowest BCUT2D eigenvalue weighted by molar-refractivity contribution is -0.139. The van der Waals surface area contributed by atoms with Crippen molar-refractivity contribution < 1.29 is 14.7 Å². The summed E-state index contributed by atoms with van der Waals surface area (Å²) in [4.78, 5) is 25.4. The summed E-state index contributed by atoms with van der Waals surface area (Å²) >= 11 is 0. The zero-order valence-electron chi connectivity index (χ0n) is 11.9. The first-order valence-electron chi connectivity index (χ1n) is 7.50. The highest BCUT2D eigenvalue weighted by Gasteiger charge is 2.37. The average molecular weight is 288 g/mol. The van der Waals surface area contributed by atoms with E-state index in [1.165, 1.54) is 5.56 Å². The molecule has 3 rings (SSSR count). The fourth-order valence-electron chi connectivity index (χ4n) is 2.97. The predicted molar refractivity (Wildman–Crippen MR) is 77.9 cm³/mol. The van der Waals surface area contributed by atoms with E-state index in [-0.39, 0.29) is 24.4 Å². The van der Waals surface area contributed by atoms with Gasteiger partial charge in [-0.3, -0.25) is 9.59 Å². The van der Waals surface area contributed by atoms with Gasteiger partial charge in [0.05, 0.1) is 6.42 Å². The van der Waals surface area contributed by atoms with Crippen molar-refractivity contribution in [3.05, 3.63) is 35.4 Å². The number of amides is 1. The molecular weight excluding hydrogens is 268 g/mol. The van der Waals surface area contributed by atoms with Crippen LogP contribution in [0.25, 0.3) is 0 Å². The lowest BCUT2D eigenvalue weighted by Crippen LogP contribution is -2.45. The van der Waals surface area contributed by atoms with Gasteiger partial charge in [0.1, 0.15) is 6.04 Å². The number of benzene rings is 1. The summed E-state index contributed by atoms with van der Waals surface area (Å²) in [5, 5.41) is 12.1. The van der Waals surface area contributed by atoms with E-state index in [2.05, 4.69) is 11.4 Å². The predicted octanol–water partition coefficient (Wildman–Crippen LogP) is 1.34. The zero-order valence-corrected chi connectivity index (χ0v) is 11.9. The van der Waals surface area contributed by atoms with Gasteiger partial charge in [-0.25, -0.2) is 0 Å². The van der Waals surface area contributed by atoms with Gasteiger partial charge in [0.25, 0.3) is 0 Å². The Hall–Kier alpha value is -1.88. The molecule has 1 aliphatic heterocycles. The van der Waals surface area contributed by atoms with Crippen LogP contribution in [0.1, 0.15) is 36.4 Å². The minimum atomic E-state index is -0.856. The van der Waals surface area contributed by atoms with Crippen molar-refractivity contribution in [3.63, 3.8) is 0 Å². The summed E-state index contributed by atoms with van der Waals surface area (Å²) in [7, 11) is 0. The number of nitrogens with zero attached hydrogens (tertiary/aromatic N) is 1. The fraction of sp³-hybridized carbons (Fsp3) is 0.500. The van der Waals surface area contributed by atoms with Gasteiger partial charge in [-0.2, -0.15) is 0 Å². The third kappa shape index (κ3) is 3.08. The van der Waals surface area contributed by atoms with Gasteiger partial charge in [0, 0.05) is 19.1 Å². The summed E-state index contributed by atoms with van der Waals surface area (Å²) in [6.45, 7) is 1.09. The van der Waals surface area contributed by atoms with Crippen LogP contribution >= 0.6 is 0 Å². The van der Waals surface area contributed by atoms with Crippen LogP contribution < -0.4 is 5.32 Å². The van der Waals surface area contributed by atoms with Crippen LogP contribution in [0.4, 0.5) is 0 Å². The number of fused-ring (bicyclic) bond motifs is 1. The number of carbonyl (C=O) groups is 2. The molecule has 1 amide bonds. The molecule has 0 bridgehead atoms. The lowest BCUT2D eigenvalue weighted by Gasteiger charge is -2.31. The first-order valence-corrected chi connectivity index (χ1v) is 7.50. The van der Waals surface area contributed by atoms with E-state index >= 15 is 0 Å². The standard InChI is InChI=1S/C16H20N2O3/c19-14(20)8-10-18(12-5-6-12)16(21)15-13-4-2-1-3-11(13)7-9-17-15/h1-4,12,15,17H,5-10H2,(H,19,20). The summed E-state index contributed by atoms with van der Waals surface area (Å²) < 4.78 is 0. The third-order valence-corrected chi connectivity index (χ3v) is 4.19. The molecule has 2 N–H and O–H groups in total. The molecule has 1 aliphatic carbocycles. The molecule has 112 valence electrons. The van der Waals surface area contributed by atoms with Crippen molar-refractivity contribution in [2.24, 2.45) is 0 Å². The van der Waals surface area contributed by atoms with Gasteiger partial charge in [-0.1, -0.05) is 24.3 Å². The van der Waals surface area contributed by atoms with E-state index in [9.17, 15) is 9.59 Å². The first-order chi connectivity index (χ1) is 10.2. The van der Waals surface area contributed by atoms with E-state index in [1.54, 1.807) is 4.90 Å². The molecule has 0 spiro atoms. The number of nitrogens with one attached hydrogen (secondary N) is 1. The number of carbonyl (C=O) groups excluding carboxylic acids is 1. The highest BCUT2D eigenvalue weighted by atomic mass is 16.4. The van der Waals surface area contributed by atoms with Crippen LogP contribution in [-0.4, -0.2) is 41.0 Å². The molecular formula is C16H20N2O3. The topological polar surface area (TPSA) is 69.6 Å². The van der Waals surface area contributed by atoms with Crippen molar-refractivity contribution in [1.82, 2.24) is 10.2 Å².